The van der Waals surface area contributed by atoms with Crippen molar-refractivity contribution in [1.29, 1.82) is 0 Å². The minimum absolute atomic E-state index is 0.802. The van der Waals surface area contributed by atoms with Gasteiger partial charge in [-0.05, 0) is 39.1 Å². The van der Waals surface area contributed by atoms with E-state index in [2.05, 4.69) is 30.6 Å². The Balaban J connectivity index is 2.24. The topological polar surface area (TPSA) is 3.24 Å². The monoisotopic (exact) mass is 158 g/mol. The van der Waals surface area contributed by atoms with E-state index in [1.54, 1.807) is 0 Å². The van der Waals surface area contributed by atoms with Crippen LogP contribution in [0, 0.1) is 6.92 Å². The number of nitrogens with zero attached hydrogens (tertiary/aromatic N) is 1. The Labute approximate surface area is 68.2 Å². The summed E-state index contributed by atoms with van der Waals surface area (Å²) in [6.07, 6.45) is 2.76. The molecular weight excluding hydrogens is 142 g/mol. The van der Waals surface area contributed by atoms with Gasteiger partial charge in [0.1, 0.15) is 0 Å². The van der Waals surface area contributed by atoms with Crippen molar-refractivity contribution in [3.63, 3.8) is 0 Å². The number of hydrogen-bond acceptors (Lipinski definition) is 2. The van der Waals surface area contributed by atoms with Crippen molar-refractivity contribution in [3.05, 3.63) is 6.92 Å². The van der Waals surface area contributed by atoms with Crippen LogP contribution in [0.5, 0.6) is 0 Å². The molecule has 1 fully saturated rings. The van der Waals surface area contributed by atoms with Gasteiger partial charge in [0, 0.05) is 11.8 Å². The standard InChI is InChI=1S/C8H16NS/c1-3-9(2)8-5-4-6-10-7-8/h8H,1,3-7H2,2H3. The molecule has 1 aliphatic heterocycles. The Morgan fingerprint density at radius 1 is 1.70 bits per heavy atom. The Kier molecular flexibility index (Phi) is 3.57. The van der Waals surface area contributed by atoms with E-state index in [0.29, 0.717) is 0 Å². The molecule has 0 bridgehead atoms. The van der Waals surface area contributed by atoms with Crippen LogP contribution in [0.25, 0.3) is 0 Å². The van der Waals surface area contributed by atoms with Crippen molar-refractivity contribution < 1.29 is 0 Å². The van der Waals surface area contributed by atoms with Crippen LogP contribution in [0.15, 0.2) is 0 Å². The lowest BCUT2D eigenvalue weighted by Crippen LogP contribution is -2.35. The van der Waals surface area contributed by atoms with Gasteiger partial charge in [0.15, 0.2) is 0 Å². The lowest BCUT2D eigenvalue weighted by atomic mass is 10.1. The molecule has 0 saturated carbocycles. The quantitative estimate of drug-likeness (QED) is 0.601. The smallest absolute Gasteiger partial charge is 0.0183 e. The van der Waals surface area contributed by atoms with Crippen LogP contribution in [-0.4, -0.2) is 36.0 Å². The SMILES string of the molecule is [CH2]CN(C)C1CCCSC1. The number of rotatable bonds is 2. The van der Waals surface area contributed by atoms with E-state index in [-0.39, 0.29) is 0 Å². The van der Waals surface area contributed by atoms with Gasteiger partial charge in [0.2, 0.25) is 0 Å². The van der Waals surface area contributed by atoms with E-state index in [9.17, 15) is 0 Å². The molecular formula is C8H16NS. The maximum Gasteiger partial charge on any atom is 0.0183 e. The third kappa shape index (κ3) is 2.17. The highest BCUT2D eigenvalue weighted by atomic mass is 32.2. The molecule has 1 heterocycles. The average molecular weight is 158 g/mol. The molecule has 0 aromatic carbocycles. The average Bonchev–Trinajstić information content (AvgIpc) is 2.05. The molecule has 1 atom stereocenters. The molecule has 59 valence electrons. The van der Waals surface area contributed by atoms with Crippen LogP contribution in [0.4, 0.5) is 0 Å². The molecule has 0 spiro atoms. The van der Waals surface area contributed by atoms with Crippen LogP contribution in [0.3, 0.4) is 0 Å². The molecule has 2 heteroatoms. The number of thioether (sulfide) groups is 1. The van der Waals surface area contributed by atoms with E-state index < -0.39 is 0 Å². The lowest BCUT2D eigenvalue weighted by molar-refractivity contribution is 0.270. The van der Waals surface area contributed by atoms with Gasteiger partial charge < -0.3 is 4.90 Å². The van der Waals surface area contributed by atoms with Crippen molar-refractivity contribution in [3.8, 4) is 0 Å². The fourth-order valence-corrected chi connectivity index (χ4v) is 2.48. The largest absolute Gasteiger partial charge is 0.303 e. The summed E-state index contributed by atoms with van der Waals surface area (Å²) >= 11 is 2.08. The van der Waals surface area contributed by atoms with E-state index in [1.165, 1.54) is 24.3 Å². The van der Waals surface area contributed by atoms with Gasteiger partial charge >= 0.3 is 0 Å². The molecule has 10 heavy (non-hydrogen) atoms. The van der Waals surface area contributed by atoms with Crippen LogP contribution in [-0.2, 0) is 0 Å². The first-order chi connectivity index (χ1) is 4.84. The molecule has 0 aliphatic carbocycles. The van der Waals surface area contributed by atoms with E-state index >= 15 is 0 Å². The summed E-state index contributed by atoms with van der Waals surface area (Å²) < 4.78 is 0. The molecule has 1 nitrogen and oxygen atoms in total. The van der Waals surface area contributed by atoms with Crippen LogP contribution in [0.1, 0.15) is 12.8 Å². The minimum Gasteiger partial charge on any atom is -0.303 e. The summed E-state index contributed by atoms with van der Waals surface area (Å²) in [4.78, 5) is 2.35. The fraction of sp³-hybridized carbons (Fsp3) is 0.875. The van der Waals surface area contributed by atoms with Gasteiger partial charge in [-0.1, -0.05) is 0 Å². The molecule has 0 N–H and O–H groups in total. The molecule has 0 amide bonds. The molecule has 1 unspecified atom stereocenters. The first-order valence-corrected chi connectivity index (χ1v) is 5.07. The van der Waals surface area contributed by atoms with Gasteiger partial charge in [-0.3, -0.25) is 0 Å². The van der Waals surface area contributed by atoms with Crippen LogP contribution >= 0.6 is 11.8 Å². The summed E-state index contributed by atoms with van der Waals surface area (Å²) in [7, 11) is 2.17. The van der Waals surface area contributed by atoms with E-state index in [4.69, 9.17) is 0 Å². The van der Waals surface area contributed by atoms with Gasteiger partial charge in [0.05, 0.1) is 0 Å². The summed E-state index contributed by atoms with van der Waals surface area (Å²) in [6, 6.07) is 0.802. The van der Waals surface area contributed by atoms with E-state index in [1.807, 2.05) is 0 Å². The lowest BCUT2D eigenvalue weighted by Gasteiger charge is -2.29. The first-order valence-electron chi connectivity index (χ1n) is 3.92. The maximum atomic E-state index is 3.88. The Hall–Kier alpha value is 0.310. The predicted octanol–water partition coefficient (Wildman–Crippen LogP) is 1.65. The minimum atomic E-state index is 0.802. The Morgan fingerprint density at radius 3 is 3.00 bits per heavy atom. The predicted molar refractivity (Wildman–Crippen MR) is 48.3 cm³/mol. The first kappa shape index (κ1) is 8.41. The summed E-state index contributed by atoms with van der Waals surface area (Å²) in [5.41, 5.74) is 0. The normalized spacial score (nSPS) is 27.3. The molecule has 0 aromatic rings. The number of hydrogen-bond donors (Lipinski definition) is 0. The van der Waals surface area contributed by atoms with Crippen LogP contribution in [0.2, 0.25) is 0 Å². The van der Waals surface area contributed by atoms with Gasteiger partial charge in [-0.15, -0.1) is 0 Å². The third-order valence-electron chi connectivity index (χ3n) is 2.11. The van der Waals surface area contributed by atoms with Crippen molar-refractivity contribution in [1.82, 2.24) is 4.90 Å². The molecule has 1 aliphatic rings. The maximum absolute atomic E-state index is 3.88. The molecule has 1 radical (unpaired) electrons. The Morgan fingerprint density at radius 2 is 2.50 bits per heavy atom. The fourth-order valence-electron chi connectivity index (χ4n) is 1.25. The summed E-state index contributed by atoms with van der Waals surface area (Å²) in [5.74, 6) is 2.67. The van der Waals surface area contributed by atoms with E-state index in [0.717, 1.165) is 12.6 Å². The Bertz CT molecular complexity index is 89.3. The van der Waals surface area contributed by atoms with Crippen LogP contribution < -0.4 is 0 Å². The summed E-state index contributed by atoms with van der Waals surface area (Å²) in [5, 5.41) is 0. The zero-order valence-corrected chi connectivity index (χ0v) is 7.49. The molecule has 1 saturated heterocycles. The zero-order valence-electron chi connectivity index (χ0n) is 6.68. The highest BCUT2D eigenvalue weighted by Gasteiger charge is 2.16. The highest BCUT2D eigenvalue weighted by Crippen LogP contribution is 2.20. The van der Waals surface area contributed by atoms with Gasteiger partial charge in [-0.2, -0.15) is 11.8 Å². The second-order valence-electron chi connectivity index (χ2n) is 2.85. The van der Waals surface area contributed by atoms with Crippen molar-refractivity contribution in [2.45, 2.75) is 18.9 Å². The zero-order chi connectivity index (χ0) is 7.40. The van der Waals surface area contributed by atoms with Gasteiger partial charge in [0.25, 0.3) is 0 Å². The van der Waals surface area contributed by atoms with Gasteiger partial charge in [-0.25, -0.2) is 0 Å². The molecule has 1 rings (SSSR count). The van der Waals surface area contributed by atoms with Crippen molar-refractivity contribution in [2.75, 3.05) is 25.1 Å². The highest BCUT2D eigenvalue weighted by molar-refractivity contribution is 7.99. The second kappa shape index (κ2) is 4.24. The third-order valence-corrected chi connectivity index (χ3v) is 3.31. The second-order valence-corrected chi connectivity index (χ2v) is 4.00. The molecule has 0 aromatic heterocycles. The summed E-state index contributed by atoms with van der Waals surface area (Å²) in [6.45, 7) is 4.83. The van der Waals surface area contributed by atoms with Crippen molar-refractivity contribution >= 4 is 11.8 Å². The van der Waals surface area contributed by atoms with Crippen molar-refractivity contribution in [2.24, 2.45) is 0 Å².